The molecular weight excluding hydrogens is 492 g/mol. The number of hydrogen-bond donors (Lipinski definition) is 0. The lowest BCUT2D eigenvalue weighted by atomic mass is 9.96. The van der Waals surface area contributed by atoms with Crippen LogP contribution in [0.2, 0.25) is 0 Å². The summed E-state index contributed by atoms with van der Waals surface area (Å²) in [7, 11) is -3.51. The first kappa shape index (κ1) is 25.2. The smallest absolute Gasteiger partial charge is 0.243 e. The molecule has 3 heterocycles. The lowest BCUT2D eigenvalue weighted by Gasteiger charge is -2.38. The number of piperazine rings is 1. The number of benzene rings is 2. The van der Waals surface area contributed by atoms with Crippen LogP contribution in [0, 0.1) is 12.8 Å². The first-order valence-electron chi connectivity index (χ1n) is 12.7. The summed E-state index contributed by atoms with van der Waals surface area (Å²) < 4.78 is 28.7. The quantitative estimate of drug-likeness (QED) is 0.490. The van der Waals surface area contributed by atoms with Crippen molar-refractivity contribution in [3.8, 4) is 0 Å². The molecule has 5 rings (SSSR count). The Kier molecular flexibility index (Phi) is 7.07. The standard InChI is InChI=1S/C27H34N4O3S2/c1-19(2)23-5-4-6-24-25(23)28-27(35-24)30-17-15-29(16-18-30)26(32)21-11-13-31(14-12-21)36(33,34)22-9-7-20(3)8-10-22/h4-10,19,21H,11-18H2,1-3H3. The van der Waals surface area contributed by atoms with Crippen molar-refractivity contribution < 1.29 is 13.2 Å². The van der Waals surface area contributed by atoms with E-state index in [1.807, 2.05) is 24.0 Å². The molecule has 0 atom stereocenters. The van der Waals surface area contributed by atoms with E-state index in [4.69, 9.17) is 4.98 Å². The maximum atomic E-state index is 13.2. The van der Waals surface area contributed by atoms with E-state index in [-0.39, 0.29) is 11.8 Å². The van der Waals surface area contributed by atoms with Crippen molar-refractivity contribution in [3.05, 3.63) is 53.6 Å². The van der Waals surface area contributed by atoms with Crippen LogP contribution in [0.1, 0.15) is 43.7 Å². The van der Waals surface area contributed by atoms with Crippen LogP contribution in [0.25, 0.3) is 10.2 Å². The van der Waals surface area contributed by atoms with Gasteiger partial charge in [-0.15, -0.1) is 0 Å². The van der Waals surface area contributed by atoms with Crippen LogP contribution in [0.5, 0.6) is 0 Å². The molecule has 2 aliphatic rings. The highest BCUT2D eigenvalue weighted by atomic mass is 32.2. The third kappa shape index (κ3) is 4.88. The van der Waals surface area contributed by atoms with Crippen LogP contribution < -0.4 is 4.90 Å². The molecule has 0 N–H and O–H groups in total. The molecule has 0 spiro atoms. The number of nitrogens with zero attached hydrogens (tertiary/aromatic N) is 4. The molecule has 3 aromatic rings. The van der Waals surface area contributed by atoms with E-state index >= 15 is 0 Å². The van der Waals surface area contributed by atoms with Crippen molar-refractivity contribution in [2.45, 2.75) is 44.4 Å². The summed E-state index contributed by atoms with van der Waals surface area (Å²) in [5.74, 6) is 0.474. The Morgan fingerprint density at radius 3 is 2.28 bits per heavy atom. The highest BCUT2D eigenvalue weighted by Gasteiger charge is 2.35. The number of piperidine rings is 1. The minimum absolute atomic E-state index is 0.114. The van der Waals surface area contributed by atoms with Crippen LogP contribution in [0.3, 0.4) is 0 Å². The minimum Gasteiger partial charge on any atom is -0.345 e. The Morgan fingerprint density at radius 1 is 0.972 bits per heavy atom. The summed E-state index contributed by atoms with van der Waals surface area (Å²) in [4.78, 5) is 22.8. The number of anilines is 1. The molecule has 2 fully saturated rings. The highest BCUT2D eigenvalue weighted by Crippen LogP contribution is 2.34. The zero-order valence-corrected chi connectivity index (χ0v) is 22.8. The second-order valence-corrected chi connectivity index (χ2v) is 13.1. The molecule has 1 aromatic heterocycles. The van der Waals surface area contributed by atoms with Crippen LogP contribution in [-0.4, -0.2) is 67.8 Å². The van der Waals surface area contributed by atoms with Gasteiger partial charge in [-0.25, -0.2) is 13.4 Å². The van der Waals surface area contributed by atoms with Gasteiger partial charge in [0.05, 0.1) is 15.1 Å². The van der Waals surface area contributed by atoms with Crippen LogP contribution in [-0.2, 0) is 14.8 Å². The molecule has 36 heavy (non-hydrogen) atoms. The van der Waals surface area contributed by atoms with E-state index in [1.54, 1.807) is 23.5 Å². The maximum absolute atomic E-state index is 13.2. The Morgan fingerprint density at radius 2 is 1.64 bits per heavy atom. The van der Waals surface area contributed by atoms with Crippen molar-refractivity contribution in [1.29, 1.82) is 0 Å². The summed E-state index contributed by atoms with van der Waals surface area (Å²) in [6, 6.07) is 13.4. The van der Waals surface area contributed by atoms with Crippen molar-refractivity contribution in [1.82, 2.24) is 14.2 Å². The largest absolute Gasteiger partial charge is 0.345 e. The second-order valence-electron chi connectivity index (χ2n) is 10.1. The summed E-state index contributed by atoms with van der Waals surface area (Å²) in [6.45, 7) is 9.98. The van der Waals surface area contributed by atoms with Gasteiger partial charge in [-0.1, -0.05) is 55.0 Å². The van der Waals surface area contributed by atoms with Gasteiger partial charge in [0.15, 0.2) is 5.13 Å². The van der Waals surface area contributed by atoms with Crippen molar-refractivity contribution >= 4 is 42.6 Å². The Hall–Kier alpha value is -2.49. The first-order valence-corrected chi connectivity index (χ1v) is 15.0. The average molecular weight is 527 g/mol. The zero-order valence-electron chi connectivity index (χ0n) is 21.2. The fourth-order valence-corrected chi connectivity index (χ4v) is 7.66. The van der Waals surface area contributed by atoms with E-state index < -0.39 is 10.0 Å². The van der Waals surface area contributed by atoms with Crippen molar-refractivity contribution in [3.63, 3.8) is 0 Å². The molecular formula is C27H34N4O3S2. The van der Waals surface area contributed by atoms with Gasteiger partial charge in [-0.2, -0.15) is 4.31 Å². The van der Waals surface area contributed by atoms with Gasteiger partial charge in [0.1, 0.15) is 0 Å². The van der Waals surface area contributed by atoms with Gasteiger partial charge in [0, 0.05) is 45.2 Å². The normalized spacial score (nSPS) is 18.3. The fourth-order valence-electron chi connectivity index (χ4n) is 5.14. The van der Waals surface area contributed by atoms with Crippen molar-refractivity contribution in [2.75, 3.05) is 44.2 Å². The van der Waals surface area contributed by atoms with E-state index in [0.717, 1.165) is 29.3 Å². The third-order valence-electron chi connectivity index (χ3n) is 7.38. The number of para-hydroxylation sites is 1. The maximum Gasteiger partial charge on any atom is 0.243 e. The van der Waals surface area contributed by atoms with Crippen LogP contribution >= 0.6 is 11.3 Å². The third-order valence-corrected chi connectivity index (χ3v) is 10.4. The number of rotatable bonds is 5. The topological polar surface area (TPSA) is 73.8 Å². The van der Waals surface area contributed by atoms with Gasteiger partial charge < -0.3 is 9.80 Å². The van der Waals surface area contributed by atoms with Gasteiger partial charge in [0.25, 0.3) is 0 Å². The van der Waals surface area contributed by atoms with Crippen molar-refractivity contribution in [2.24, 2.45) is 5.92 Å². The van der Waals surface area contributed by atoms with E-state index in [0.29, 0.717) is 49.8 Å². The Bertz CT molecular complexity index is 1340. The van der Waals surface area contributed by atoms with Crippen LogP contribution in [0.15, 0.2) is 47.4 Å². The Labute approximate surface area is 217 Å². The van der Waals surface area contributed by atoms with E-state index in [1.165, 1.54) is 14.6 Å². The number of thiazole rings is 1. The number of fused-ring (bicyclic) bond motifs is 1. The predicted octanol–water partition coefficient (Wildman–Crippen LogP) is 4.48. The monoisotopic (exact) mass is 526 g/mol. The Balaban J connectivity index is 1.17. The number of aromatic nitrogens is 1. The molecule has 2 saturated heterocycles. The molecule has 0 aliphatic carbocycles. The summed E-state index contributed by atoms with van der Waals surface area (Å²) in [5.41, 5.74) is 3.40. The van der Waals surface area contributed by atoms with E-state index in [2.05, 4.69) is 36.9 Å². The first-order chi connectivity index (χ1) is 17.2. The summed E-state index contributed by atoms with van der Waals surface area (Å²) in [6.07, 6.45) is 1.14. The molecule has 2 aromatic carbocycles. The molecule has 192 valence electrons. The highest BCUT2D eigenvalue weighted by molar-refractivity contribution is 7.89. The average Bonchev–Trinajstić information content (AvgIpc) is 3.33. The second kappa shape index (κ2) is 10.1. The number of amides is 1. The number of carbonyl (C=O) groups is 1. The van der Waals surface area contributed by atoms with Gasteiger partial charge >= 0.3 is 0 Å². The molecule has 9 heteroatoms. The number of carbonyl (C=O) groups excluding carboxylic acids is 1. The van der Waals surface area contributed by atoms with Gasteiger partial charge in [0.2, 0.25) is 15.9 Å². The molecule has 0 unspecified atom stereocenters. The summed E-state index contributed by atoms with van der Waals surface area (Å²) in [5, 5.41) is 1.03. The SMILES string of the molecule is Cc1ccc(S(=O)(=O)N2CCC(C(=O)N3CCN(c4nc5c(C(C)C)cccc5s4)CC3)CC2)cc1. The molecule has 2 aliphatic heterocycles. The predicted molar refractivity (Wildman–Crippen MR) is 145 cm³/mol. The van der Waals surface area contributed by atoms with Gasteiger partial charge in [-0.3, -0.25) is 4.79 Å². The lowest BCUT2D eigenvalue weighted by molar-refractivity contribution is -0.137. The number of aryl methyl sites for hydroxylation is 1. The zero-order chi connectivity index (χ0) is 25.4. The summed E-state index contributed by atoms with van der Waals surface area (Å²) >= 11 is 1.72. The fraction of sp³-hybridized carbons (Fsp3) is 0.481. The molecule has 7 nitrogen and oxygen atoms in total. The molecule has 1 amide bonds. The molecule has 0 radical (unpaired) electrons. The lowest BCUT2D eigenvalue weighted by Crippen LogP contribution is -2.52. The van der Waals surface area contributed by atoms with Crippen LogP contribution in [0.4, 0.5) is 5.13 Å². The van der Waals surface area contributed by atoms with E-state index in [9.17, 15) is 13.2 Å². The number of sulfonamides is 1. The number of hydrogen-bond acceptors (Lipinski definition) is 6. The molecule has 0 saturated carbocycles. The minimum atomic E-state index is -3.51. The molecule has 0 bridgehead atoms. The van der Waals surface area contributed by atoms with Gasteiger partial charge in [-0.05, 0) is 49.4 Å².